The van der Waals surface area contributed by atoms with Crippen LogP contribution in [0.15, 0.2) is 65.6 Å². The number of rotatable bonds is 9. The van der Waals surface area contributed by atoms with Gasteiger partial charge >= 0.3 is 5.97 Å². The summed E-state index contributed by atoms with van der Waals surface area (Å²) in [4.78, 5) is 25.5. The fourth-order valence-electron chi connectivity index (χ4n) is 3.37. The van der Waals surface area contributed by atoms with Crippen LogP contribution in [0.25, 0.3) is 0 Å². The lowest BCUT2D eigenvalue weighted by Crippen LogP contribution is -2.38. The zero-order chi connectivity index (χ0) is 26.5. The number of amides is 1. The van der Waals surface area contributed by atoms with E-state index in [4.69, 9.17) is 25.8 Å². The Morgan fingerprint density at radius 3 is 2.14 bits per heavy atom. The molecule has 3 aromatic carbocycles. The molecule has 1 N–H and O–H groups in total. The van der Waals surface area contributed by atoms with Gasteiger partial charge in [-0.1, -0.05) is 41.4 Å². The monoisotopic (exact) mass is 532 g/mol. The Hall–Kier alpha value is -3.76. The molecule has 0 aliphatic heterocycles. The molecule has 0 fully saturated rings. The van der Waals surface area contributed by atoms with Crippen molar-refractivity contribution in [1.82, 2.24) is 0 Å². The highest BCUT2D eigenvalue weighted by Crippen LogP contribution is 2.34. The van der Waals surface area contributed by atoms with Crippen molar-refractivity contribution >= 4 is 44.9 Å². The fraction of sp³-hybridized carbons (Fsp3) is 0.200. The minimum Gasteiger partial charge on any atom is -0.493 e. The van der Waals surface area contributed by atoms with Crippen molar-refractivity contribution in [3.8, 4) is 11.5 Å². The van der Waals surface area contributed by atoms with E-state index in [-0.39, 0.29) is 38.4 Å². The molecular formula is C25H25ClN2O7S. The first-order valence-corrected chi connectivity index (χ1v) is 12.4. The zero-order valence-electron chi connectivity index (χ0n) is 20.1. The van der Waals surface area contributed by atoms with Gasteiger partial charge in [0.1, 0.15) is 6.54 Å². The normalized spacial score (nSPS) is 10.9. The number of methoxy groups -OCH3 is 3. The van der Waals surface area contributed by atoms with E-state index in [1.165, 1.54) is 57.7 Å². The van der Waals surface area contributed by atoms with Gasteiger partial charge < -0.3 is 19.5 Å². The Labute approximate surface area is 214 Å². The van der Waals surface area contributed by atoms with Crippen molar-refractivity contribution in [3.63, 3.8) is 0 Å². The van der Waals surface area contributed by atoms with Gasteiger partial charge in [0.05, 0.1) is 48.2 Å². The van der Waals surface area contributed by atoms with E-state index in [0.29, 0.717) is 0 Å². The number of carbonyl (C=O) groups excluding carboxylic acids is 2. The number of hydrogen-bond donors (Lipinski definition) is 1. The van der Waals surface area contributed by atoms with Crippen molar-refractivity contribution in [2.24, 2.45) is 0 Å². The number of benzene rings is 3. The number of anilines is 2. The minimum atomic E-state index is -4.18. The zero-order valence-corrected chi connectivity index (χ0v) is 21.6. The Morgan fingerprint density at radius 1 is 0.944 bits per heavy atom. The van der Waals surface area contributed by atoms with Crippen molar-refractivity contribution in [1.29, 1.82) is 0 Å². The molecule has 190 valence electrons. The van der Waals surface area contributed by atoms with Gasteiger partial charge in [-0.15, -0.1) is 0 Å². The lowest BCUT2D eigenvalue weighted by molar-refractivity contribution is -0.114. The van der Waals surface area contributed by atoms with Gasteiger partial charge in [-0.05, 0) is 31.2 Å². The van der Waals surface area contributed by atoms with Crippen LogP contribution in [-0.4, -0.2) is 48.2 Å². The van der Waals surface area contributed by atoms with Crippen molar-refractivity contribution in [2.75, 3.05) is 37.5 Å². The van der Waals surface area contributed by atoms with E-state index in [1.54, 1.807) is 24.3 Å². The Morgan fingerprint density at radius 2 is 1.56 bits per heavy atom. The third-order valence-electron chi connectivity index (χ3n) is 5.22. The summed E-state index contributed by atoms with van der Waals surface area (Å²) in [5.41, 5.74) is 1.04. The number of aryl methyl sites for hydroxylation is 1. The average molecular weight is 533 g/mol. The number of para-hydroxylation sites is 1. The Kier molecular flexibility index (Phi) is 8.44. The summed E-state index contributed by atoms with van der Waals surface area (Å²) >= 11 is 6.31. The highest BCUT2D eigenvalue weighted by molar-refractivity contribution is 7.92. The first-order valence-electron chi connectivity index (χ1n) is 10.6. The Bertz CT molecular complexity index is 1380. The van der Waals surface area contributed by atoms with Gasteiger partial charge in [0, 0.05) is 12.1 Å². The Balaban J connectivity index is 2.03. The molecule has 0 aliphatic carbocycles. The second-order valence-corrected chi connectivity index (χ2v) is 9.84. The number of ether oxygens (including phenoxy) is 3. The maximum atomic E-state index is 13.6. The molecule has 0 atom stereocenters. The first-order chi connectivity index (χ1) is 17.1. The van der Waals surface area contributed by atoms with Gasteiger partial charge in [-0.3, -0.25) is 9.10 Å². The molecule has 9 nitrogen and oxygen atoms in total. The standard InChI is InChI=1S/C25H25ClN2O7S/c1-16-9-11-17(12-10-16)36(31,32)28(21-8-6-5-7-19(21)26)15-24(29)27-20-14-23(34-3)22(33-2)13-18(20)25(30)35-4/h5-14H,15H2,1-4H3,(H,27,29). The molecule has 0 unspecified atom stereocenters. The third-order valence-corrected chi connectivity index (χ3v) is 7.31. The lowest BCUT2D eigenvalue weighted by Gasteiger charge is -2.25. The summed E-state index contributed by atoms with van der Waals surface area (Å²) in [6.45, 7) is 1.20. The largest absolute Gasteiger partial charge is 0.493 e. The molecule has 3 aromatic rings. The molecule has 0 aliphatic rings. The summed E-state index contributed by atoms with van der Waals surface area (Å²) in [6.07, 6.45) is 0. The molecule has 0 bridgehead atoms. The molecule has 36 heavy (non-hydrogen) atoms. The third kappa shape index (κ3) is 5.72. The van der Waals surface area contributed by atoms with E-state index in [0.717, 1.165) is 9.87 Å². The topological polar surface area (TPSA) is 111 Å². The second-order valence-electron chi connectivity index (χ2n) is 7.57. The molecule has 0 heterocycles. The first kappa shape index (κ1) is 26.8. The van der Waals surface area contributed by atoms with Crippen molar-refractivity contribution < 1.29 is 32.2 Å². The number of nitrogens with zero attached hydrogens (tertiary/aromatic N) is 1. The number of halogens is 1. The van der Waals surface area contributed by atoms with E-state index in [2.05, 4.69) is 5.32 Å². The second kappa shape index (κ2) is 11.3. The SMILES string of the molecule is COC(=O)c1cc(OC)c(OC)cc1NC(=O)CN(c1ccccc1Cl)S(=O)(=O)c1ccc(C)cc1. The van der Waals surface area contributed by atoms with E-state index in [1.807, 2.05) is 6.92 Å². The summed E-state index contributed by atoms with van der Waals surface area (Å²) in [7, 11) is -0.196. The molecule has 0 aromatic heterocycles. The van der Waals surface area contributed by atoms with E-state index < -0.39 is 28.4 Å². The minimum absolute atomic E-state index is 0.00538. The van der Waals surface area contributed by atoms with Gasteiger partial charge in [-0.25, -0.2) is 13.2 Å². The van der Waals surface area contributed by atoms with Crippen LogP contribution < -0.4 is 19.1 Å². The van der Waals surface area contributed by atoms with Crippen molar-refractivity contribution in [2.45, 2.75) is 11.8 Å². The van der Waals surface area contributed by atoms with Gasteiger partial charge in [-0.2, -0.15) is 0 Å². The molecule has 0 saturated heterocycles. The van der Waals surface area contributed by atoms with Crippen LogP contribution in [0.2, 0.25) is 5.02 Å². The number of esters is 1. The summed E-state index contributed by atoms with van der Waals surface area (Å²) in [5.74, 6) is -0.976. The number of carbonyl (C=O) groups is 2. The maximum Gasteiger partial charge on any atom is 0.340 e. The molecule has 0 spiro atoms. The molecular weight excluding hydrogens is 508 g/mol. The summed E-state index contributed by atoms with van der Waals surface area (Å²) in [6, 6.07) is 15.2. The predicted molar refractivity (Wildman–Crippen MR) is 137 cm³/mol. The van der Waals surface area contributed by atoms with Gasteiger partial charge in [0.15, 0.2) is 11.5 Å². The maximum absolute atomic E-state index is 13.6. The van der Waals surface area contributed by atoms with Crippen LogP contribution in [-0.2, 0) is 19.6 Å². The molecule has 0 saturated carbocycles. The highest BCUT2D eigenvalue weighted by Gasteiger charge is 2.29. The molecule has 3 rings (SSSR count). The lowest BCUT2D eigenvalue weighted by atomic mass is 10.1. The van der Waals surface area contributed by atoms with Gasteiger partial charge in [0.2, 0.25) is 5.91 Å². The predicted octanol–water partition coefficient (Wildman–Crippen LogP) is 4.29. The van der Waals surface area contributed by atoms with E-state index >= 15 is 0 Å². The number of nitrogens with one attached hydrogen (secondary N) is 1. The van der Waals surface area contributed by atoms with Crippen LogP contribution in [0.5, 0.6) is 11.5 Å². The fourth-order valence-corrected chi connectivity index (χ4v) is 5.10. The van der Waals surface area contributed by atoms with Gasteiger partial charge in [0.25, 0.3) is 10.0 Å². The molecule has 0 radical (unpaired) electrons. The molecule has 1 amide bonds. The van der Waals surface area contributed by atoms with Crippen LogP contribution in [0, 0.1) is 6.92 Å². The number of hydrogen-bond acceptors (Lipinski definition) is 7. The smallest absolute Gasteiger partial charge is 0.340 e. The van der Waals surface area contributed by atoms with E-state index in [9.17, 15) is 18.0 Å². The highest BCUT2D eigenvalue weighted by atomic mass is 35.5. The van der Waals surface area contributed by atoms with Crippen molar-refractivity contribution in [3.05, 3.63) is 76.8 Å². The number of sulfonamides is 1. The van der Waals surface area contributed by atoms with Crippen LogP contribution in [0.1, 0.15) is 15.9 Å². The van der Waals surface area contributed by atoms with Crippen LogP contribution in [0.4, 0.5) is 11.4 Å². The summed E-state index contributed by atoms with van der Waals surface area (Å²) in [5, 5.41) is 2.72. The average Bonchev–Trinajstić information content (AvgIpc) is 2.87. The summed E-state index contributed by atoms with van der Waals surface area (Å²) < 4.78 is 43.3. The van der Waals surface area contributed by atoms with Crippen LogP contribution >= 0.6 is 11.6 Å². The quantitative estimate of drug-likeness (QED) is 0.409. The van der Waals surface area contributed by atoms with Crippen LogP contribution in [0.3, 0.4) is 0 Å². The molecule has 11 heteroatoms.